The summed E-state index contributed by atoms with van der Waals surface area (Å²) in [5.41, 5.74) is 4.04. The van der Waals surface area contributed by atoms with Crippen molar-refractivity contribution < 1.29 is 14.3 Å². The molecule has 0 aliphatic carbocycles. The fourth-order valence-corrected chi connectivity index (χ4v) is 3.90. The number of carbonyl (C=O) groups is 2. The largest absolute Gasteiger partial charge is 0.497 e. The van der Waals surface area contributed by atoms with Gasteiger partial charge in [-0.2, -0.15) is 0 Å². The van der Waals surface area contributed by atoms with Crippen LogP contribution in [0.1, 0.15) is 42.5 Å². The number of rotatable bonds is 11. The van der Waals surface area contributed by atoms with Gasteiger partial charge in [-0.15, -0.1) is 0 Å². The van der Waals surface area contributed by atoms with Crippen molar-refractivity contribution in [2.24, 2.45) is 0 Å². The fourth-order valence-electron chi connectivity index (χ4n) is 3.90. The number of hydrogen-bond donors (Lipinski definition) is 1. The summed E-state index contributed by atoms with van der Waals surface area (Å²) in [5.74, 6) is 0.530. The molecule has 2 atom stereocenters. The molecular weight excluding hydrogens is 436 g/mol. The first-order valence-electron chi connectivity index (χ1n) is 12.2. The fraction of sp³-hybridized carbons (Fsp3) is 0.333. The van der Waals surface area contributed by atoms with E-state index in [1.165, 1.54) is 0 Å². The second-order valence-electron chi connectivity index (χ2n) is 9.06. The lowest BCUT2D eigenvalue weighted by Gasteiger charge is -2.32. The number of methoxy groups -OCH3 is 1. The van der Waals surface area contributed by atoms with Crippen molar-refractivity contribution in [2.45, 2.75) is 58.7 Å². The lowest BCUT2D eigenvalue weighted by Crippen LogP contribution is -2.52. The highest BCUT2D eigenvalue weighted by molar-refractivity contribution is 5.89. The predicted octanol–water partition coefficient (Wildman–Crippen LogP) is 5.10. The van der Waals surface area contributed by atoms with Crippen molar-refractivity contribution in [3.05, 3.63) is 101 Å². The monoisotopic (exact) mass is 472 g/mol. The molecule has 0 spiro atoms. The molecule has 2 unspecified atom stereocenters. The lowest BCUT2D eigenvalue weighted by molar-refractivity contribution is -0.141. The van der Waals surface area contributed by atoms with Crippen LogP contribution >= 0.6 is 0 Å². The number of ether oxygens (including phenoxy) is 1. The Balaban J connectivity index is 1.94. The van der Waals surface area contributed by atoms with Gasteiger partial charge in [0, 0.05) is 19.0 Å². The minimum Gasteiger partial charge on any atom is -0.497 e. The zero-order valence-corrected chi connectivity index (χ0v) is 21.2. The van der Waals surface area contributed by atoms with Crippen LogP contribution in [0.2, 0.25) is 0 Å². The van der Waals surface area contributed by atoms with Gasteiger partial charge in [0.15, 0.2) is 0 Å². The maximum atomic E-state index is 13.7. The Morgan fingerprint density at radius 2 is 1.51 bits per heavy atom. The first-order chi connectivity index (χ1) is 16.9. The predicted molar refractivity (Wildman–Crippen MR) is 140 cm³/mol. The second-order valence-corrected chi connectivity index (χ2v) is 9.06. The molecule has 0 aromatic heterocycles. The Morgan fingerprint density at radius 1 is 0.886 bits per heavy atom. The third kappa shape index (κ3) is 7.71. The van der Waals surface area contributed by atoms with Crippen LogP contribution in [0.4, 0.5) is 0 Å². The van der Waals surface area contributed by atoms with Crippen LogP contribution in [0.25, 0.3) is 0 Å². The van der Waals surface area contributed by atoms with E-state index in [0.29, 0.717) is 13.0 Å². The zero-order valence-electron chi connectivity index (χ0n) is 21.2. The van der Waals surface area contributed by atoms with Crippen LogP contribution in [0, 0.1) is 6.92 Å². The quantitative estimate of drug-likeness (QED) is 0.422. The molecule has 3 rings (SSSR count). The molecule has 0 bridgehead atoms. The molecular formula is C30H36N2O3. The maximum absolute atomic E-state index is 13.7. The molecule has 0 aliphatic rings. The molecule has 5 heteroatoms. The number of aryl methyl sites for hydroxylation is 1. The van der Waals surface area contributed by atoms with E-state index in [9.17, 15) is 9.59 Å². The van der Waals surface area contributed by atoms with Crippen LogP contribution in [0.15, 0.2) is 78.9 Å². The van der Waals surface area contributed by atoms with Gasteiger partial charge < -0.3 is 15.0 Å². The number of hydrogen-bond acceptors (Lipinski definition) is 3. The molecule has 0 saturated heterocycles. The third-order valence-electron chi connectivity index (χ3n) is 6.26. The topological polar surface area (TPSA) is 58.6 Å². The van der Waals surface area contributed by atoms with Crippen molar-refractivity contribution in [3.8, 4) is 5.75 Å². The highest BCUT2D eigenvalue weighted by Gasteiger charge is 2.31. The lowest BCUT2D eigenvalue weighted by atomic mass is 10.0. The molecule has 0 aliphatic heterocycles. The summed E-state index contributed by atoms with van der Waals surface area (Å²) in [6.45, 7) is 6.42. The SMILES string of the molecule is CCC(C)NC(=O)C(Cc1ccccc1)N(Cc1ccc(C)cc1)C(=O)Cc1ccc(OC)cc1. The smallest absolute Gasteiger partial charge is 0.243 e. The van der Waals surface area contributed by atoms with Gasteiger partial charge in [0.1, 0.15) is 11.8 Å². The van der Waals surface area contributed by atoms with Gasteiger partial charge in [-0.25, -0.2) is 0 Å². The Labute approximate surface area is 209 Å². The van der Waals surface area contributed by atoms with E-state index in [0.717, 1.165) is 34.4 Å². The molecule has 0 saturated carbocycles. The number of nitrogens with zero attached hydrogens (tertiary/aromatic N) is 1. The Bertz CT molecular complexity index is 1080. The van der Waals surface area contributed by atoms with Crippen LogP contribution in [0.3, 0.4) is 0 Å². The van der Waals surface area contributed by atoms with Crippen LogP contribution in [-0.4, -0.2) is 35.9 Å². The third-order valence-corrected chi connectivity index (χ3v) is 6.26. The average molecular weight is 473 g/mol. The van der Waals surface area contributed by atoms with E-state index in [1.54, 1.807) is 12.0 Å². The minimum atomic E-state index is -0.626. The van der Waals surface area contributed by atoms with Crippen molar-refractivity contribution in [1.29, 1.82) is 0 Å². The summed E-state index contributed by atoms with van der Waals surface area (Å²) in [7, 11) is 1.62. The Hall–Kier alpha value is -3.60. The summed E-state index contributed by atoms with van der Waals surface area (Å²) in [4.78, 5) is 29.0. The average Bonchev–Trinajstić information content (AvgIpc) is 2.88. The van der Waals surface area contributed by atoms with Gasteiger partial charge in [0.25, 0.3) is 0 Å². The summed E-state index contributed by atoms with van der Waals surface area (Å²) >= 11 is 0. The first-order valence-corrected chi connectivity index (χ1v) is 12.2. The summed E-state index contributed by atoms with van der Waals surface area (Å²) in [6, 6.07) is 24.9. The molecule has 3 aromatic carbocycles. The van der Waals surface area contributed by atoms with Gasteiger partial charge in [0.2, 0.25) is 11.8 Å². The van der Waals surface area contributed by atoms with E-state index in [1.807, 2.05) is 99.6 Å². The minimum absolute atomic E-state index is 0.0266. The van der Waals surface area contributed by atoms with E-state index in [4.69, 9.17) is 4.74 Å². The molecule has 2 amide bonds. The number of benzene rings is 3. The first kappa shape index (κ1) is 26.0. The second kappa shape index (κ2) is 12.7. The number of amides is 2. The van der Waals surface area contributed by atoms with Crippen LogP contribution in [0.5, 0.6) is 5.75 Å². The van der Waals surface area contributed by atoms with E-state index < -0.39 is 6.04 Å². The molecule has 3 aromatic rings. The summed E-state index contributed by atoms with van der Waals surface area (Å²) in [6.07, 6.45) is 1.47. The van der Waals surface area contributed by atoms with Gasteiger partial charge in [0.05, 0.1) is 13.5 Å². The van der Waals surface area contributed by atoms with Crippen molar-refractivity contribution in [2.75, 3.05) is 7.11 Å². The molecule has 5 nitrogen and oxygen atoms in total. The number of carbonyl (C=O) groups excluding carboxylic acids is 2. The molecule has 35 heavy (non-hydrogen) atoms. The van der Waals surface area contributed by atoms with E-state index in [2.05, 4.69) is 5.32 Å². The standard InChI is InChI=1S/C30H36N2O3/c1-5-23(3)31-30(34)28(19-24-9-7-6-8-10-24)32(21-26-13-11-22(2)12-14-26)29(33)20-25-15-17-27(35-4)18-16-25/h6-18,23,28H,5,19-21H2,1-4H3,(H,31,34). The van der Waals surface area contributed by atoms with E-state index in [-0.39, 0.29) is 24.3 Å². The van der Waals surface area contributed by atoms with Gasteiger partial charge in [-0.1, -0.05) is 79.2 Å². The molecule has 0 heterocycles. The molecule has 0 radical (unpaired) electrons. The zero-order chi connectivity index (χ0) is 25.2. The Morgan fingerprint density at radius 3 is 2.11 bits per heavy atom. The highest BCUT2D eigenvalue weighted by Crippen LogP contribution is 2.18. The van der Waals surface area contributed by atoms with Crippen LogP contribution in [-0.2, 0) is 29.0 Å². The summed E-state index contributed by atoms with van der Waals surface area (Å²) in [5, 5.41) is 3.11. The van der Waals surface area contributed by atoms with Crippen LogP contribution < -0.4 is 10.1 Å². The van der Waals surface area contributed by atoms with Gasteiger partial charge >= 0.3 is 0 Å². The maximum Gasteiger partial charge on any atom is 0.243 e. The normalized spacial score (nSPS) is 12.5. The molecule has 0 fully saturated rings. The molecule has 184 valence electrons. The number of nitrogens with one attached hydrogen (secondary N) is 1. The van der Waals surface area contributed by atoms with Crippen molar-refractivity contribution in [3.63, 3.8) is 0 Å². The van der Waals surface area contributed by atoms with Gasteiger partial charge in [-0.3, -0.25) is 9.59 Å². The van der Waals surface area contributed by atoms with E-state index >= 15 is 0 Å². The van der Waals surface area contributed by atoms with Gasteiger partial charge in [-0.05, 0) is 49.1 Å². The highest BCUT2D eigenvalue weighted by atomic mass is 16.5. The summed E-state index contributed by atoms with van der Waals surface area (Å²) < 4.78 is 5.25. The molecule has 1 N–H and O–H groups in total. The Kier molecular flexibility index (Phi) is 9.47. The van der Waals surface area contributed by atoms with Crippen molar-refractivity contribution >= 4 is 11.8 Å². The van der Waals surface area contributed by atoms with Crippen molar-refractivity contribution in [1.82, 2.24) is 10.2 Å².